The molecule has 5 nitrogen and oxygen atoms in total. The van der Waals surface area contributed by atoms with Crippen LogP contribution in [0, 0.1) is 20.8 Å². The molecule has 0 aliphatic heterocycles. The summed E-state index contributed by atoms with van der Waals surface area (Å²) in [6, 6.07) is 17.8. The molecule has 31 heavy (non-hydrogen) atoms. The van der Waals surface area contributed by atoms with E-state index in [0.717, 1.165) is 27.0 Å². The van der Waals surface area contributed by atoms with Crippen molar-refractivity contribution in [3.8, 4) is 11.5 Å². The van der Waals surface area contributed by atoms with Gasteiger partial charge in [-0.1, -0.05) is 24.3 Å². The number of anilines is 2. The van der Waals surface area contributed by atoms with E-state index in [1.807, 2.05) is 43.3 Å². The van der Waals surface area contributed by atoms with Crippen LogP contribution >= 0.6 is 15.9 Å². The van der Waals surface area contributed by atoms with Crippen LogP contribution in [0.2, 0.25) is 0 Å². The van der Waals surface area contributed by atoms with Crippen molar-refractivity contribution >= 4 is 33.2 Å². The van der Waals surface area contributed by atoms with Crippen LogP contribution in [0.4, 0.5) is 11.4 Å². The van der Waals surface area contributed by atoms with Crippen LogP contribution in [0.3, 0.4) is 0 Å². The number of hydrogen-bond acceptors (Lipinski definition) is 4. The molecule has 0 bridgehead atoms. The van der Waals surface area contributed by atoms with Crippen molar-refractivity contribution < 1.29 is 14.3 Å². The number of hydrogen-bond donors (Lipinski definition) is 2. The third kappa shape index (κ3) is 6.25. The summed E-state index contributed by atoms with van der Waals surface area (Å²) < 4.78 is 12.0. The molecular formula is C25H27BrN2O3. The SMILES string of the molecule is COc1cc(CNc2cc(C)ccc2C)cc(Br)c1OCC(=O)Nc1cccc(C)c1. The van der Waals surface area contributed by atoms with E-state index in [2.05, 4.69) is 58.6 Å². The third-order valence-corrected chi connectivity index (χ3v) is 5.40. The number of halogens is 1. The maximum absolute atomic E-state index is 12.3. The van der Waals surface area contributed by atoms with Gasteiger partial charge in [0.25, 0.3) is 5.91 Å². The van der Waals surface area contributed by atoms with Gasteiger partial charge in [-0.05, 0) is 89.3 Å². The molecule has 0 heterocycles. The molecule has 162 valence electrons. The number of carbonyl (C=O) groups is 1. The van der Waals surface area contributed by atoms with E-state index in [0.29, 0.717) is 18.0 Å². The number of carbonyl (C=O) groups excluding carboxylic acids is 1. The van der Waals surface area contributed by atoms with E-state index < -0.39 is 0 Å². The number of amides is 1. The Hall–Kier alpha value is -2.99. The van der Waals surface area contributed by atoms with Crippen LogP contribution in [0.5, 0.6) is 11.5 Å². The molecule has 0 saturated heterocycles. The maximum Gasteiger partial charge on any atom is 0.262 e. The first-order chi connectivity index (χ1) is 14.9. The van der Waals surface area contributed by atoms with Crippen LogP contribution in [0.15, 0.2) is 59.1 Å². The Morgan fingerprint density at radius 1 is 1.00 bits per heavy atom. The normalized spacial score (nSPS) is 10.5. The molecule has 0 saturated carbocycles. The molecule has 0 aliphatic carbocycles. The number of aryl methyl sites for hydroxylation is 3. The quantitative estimate of drug-likeness (QED) is 0.412. The first-order valence-electron chi connectivity index (χ1n) is 10.0. The molecular weight excluding hydrogens is 456 g/mol. The predicted molar refractivity (Wildman–Crippen MR) is 129 cm³/mol. The van der Waals surface area contributed by atoms with Gasteiger partial charge in [-0.3, -0.25) is 4.79 Å². The second kappa shape index (κ2) is 10.4. The minimum atomic E-state index is -0.236. The number of ether oxygens (including phenoxy) is 2. The topological polar surface area (TPSA) is 59.6 Å². The van der Waals surface area contributed by atoms with Crippen LogP contribution in [0.25, 0.3) is 0 Å². The van der Waals surface area contributed by atoms with Crippen molar-refractivity contribution in [2.24, 2.45) is 0 Å². The summed E-state index contributed by atoms with van der Waals surface area (Å²) in [6.45, 7) is 6.64. The Labute approximate surface area is 191 Å². The fourth-order valence-electron chi connectivity index (χ4n) is 3.20. The summed E-state index contributed by atoms with van der Waals surface area (Å²) in [5.74, 6) is 0.827. The second-order valence-electron chi connectivity index (χ2n) is 7.49. The molecule has 1 amide bonds. The van der Waals surface area contributed by atoms with Crippen LogP contribution in [-0.4, -0.2) is 19.6 Å². The van der Waals surface area contributed by atoms with Gasteiger partial charge in [0, 0.05) is 17.9 Å². The minimum Gasteiger partial charge on any atom is -0.493 e. The first-order valence-corrected chi connectivity index (χ1v) is 10.8. The summed E-state index contributed by atoms with van der Waals surface area (Å²) in [5.41, 5.74) is 6.35. The van der Waals surface area contributed by atoms with E-state index >= 15 is 0 Å². The Balaban J connectivity index is 1.66. The van der Waals surface area contributed by atoms with Crippen molar-refractivity contribution in [1.29, 1.82) is 0 Å². The molecule has 3 aromatic rings. The molecule has 0 unspecified atom stereocenters. The number of methoxy groups -OCH3 is 1. The van der Waals surface area contributed by atoms with Crippen LogP contribution < -0.4 is 20.1 Å². The molecule has 0 atom stereocenters. The standard InChI is InChI=1S/C25H27BrN2O3/c1-16-6-5-7-20(10-16)28-24(29)15-31-25-21(26)12-19(13-23(25)30-4)14-27-22-11-17(2)8-9-18(22)3/h5-13,27H,14-15H2,1-4H3,(H,28,29). The van der Waals surface area contributed by atoms with Gasteiger partial charge in [0.15, 0.2) is 18.1 Å². The van der Waals surface area contributed by atoms with Gasteiger partial charge < -0.3 is 20.1 Å². The molecule has 3 rings (SSSR count). The number of rotatable bonds is 8. The van der Waals surface area contributed by atoms with Gasteiger partial charge in [0.2, 0.25) is 0 Å². The molecule has 0 spiro atoms. The highest BCUT2D eigenvalue weighted by atomic mass is 79.9. The van der Waals surface area contributed by atoms with Crippen molar-refractivity contribution in [2.45, 2.75) is 27.3 Å². The summed E-state index contributed by atoms with van der Waals surface area (Å²) in [7, 11) is 1.59. The van der Waals surface area contributed by atoms with Gasteiger partial charge in [-0.15, -0.1) is 0 Å². The number of benzene rings is 3. The Bertz CT molecular complexity index is 1080. The highest BCUT2D eigenvalue weighted by Gasteiger charge is 2.14. The van der Waals surface area contributed by atoms with Gasteiger partial charge in [-0.25, -0.2) is 0 Å². The largest absolute Gasteiger partial charge is 0.493 e. The molecule has 0 fully saturated rings. The average Bonchev–Trinajstić information content (AvgIpc) is 2.73. The highest BCUT2D eigenvalue weighted by Crippen LogP contribution is 2.37. The fraction of sp³-hybridized carbons (Fsp3) is 0.240. The van der Waals surface area contributed by atoms with Gasteiger partial charge in [0.1, 0.15) is 0 Å². The average molecular weight is 483 g/mol. The summed E-state index contributed by atoms with van der Waals surface area (Å²) in [6.07, 6.45) is 0. The predicted octanol–water partition coefficient (Wildman–Crippen LogP) is 6.01. The smallest absolute Gasteiger partial charge is 0.262 e. The van der Waals surface area contributed by atoms with Crippen molar-refractivity contribution in [3.05, 3.63) is 81.3 Å². The van der Waals surface area contributed by atoms with E-state index in [-0.39, 0.29) is 12.5 Å². The Morgan fingerprint density at radius 3 is 2.52 bits per heavy atom. The van der Waals surface area contributed by atoms with E-state index in [4.69, 9.17) is 9.47 Å². The van der Waals surface area contributed by atoms with Gasteiger partial charge in [-0.2, -0.15) is 0 Å². The van der Waals surface area contributed by atoms with E-state index in [1.54, 1.807) is 7.11 Å². The van der Waals surface area contributed by atoms with Crippen molar-refractivity contribution in [3.63, 3.8) is 0 Å². The van der Waals surface area contributed by atoms with Gasteiger partial charge in [0.05, 0.1) is 11.6 Å². The van der Waals surface area contributed by atoms with Crippen LogP contribution in [-0.2, 0) is 11.3 Å². The summed E-state index contributed by atoms with van der Waals surface area (Å²) in [5, 5.41) is 6.31. The van der Waals surface area contributed by atoms with Crippen molar-refractivity contribution in [2.75, 3.05) is 24.4 Å². The molecule has 0 aromatic heterocycles. The zero-order valence-corrected chi connectivity index (χ0v) is 19.8. The zero-order valence-electron chi connectivity index (χ0n) is 18.2. The number of nitrogens with one attached hydrogen (secondary N) is 2. The Morgan fingerprint density at radius 2 is 1.77 bits per heavy atom. The fourth-order valence-corrected chi connectivity index (χ4v) is 3.80. The summed E-state index contributed by atoms with van der Waals surface area (Å²) >= 11 is 3.55. The zero-order chi connectivity index (χ0) is 22.4. The minimum absolute atomic E-state index is 0.122. The molecule has 0 aliphatic rings. The Kier molecular flexibility index (Phi) is 7.58. The van der Waals surface area contributed by atoms with Crippen molar-refractivity contribution in [1.82, 2.24) is 0 Å². The molecule has 3 aromatic carbocycles. The van der Waals surface area contributed by atoms with E-state index in [9.17, 15) is 4.79 Å². The monoisotopic (exact) mass is 482 g/mol. The molecule has 0 radical (unpaired) electrons. The third-order valence-electron chi connectivity index (χ3n) is 4.81. The lowest BCUT2D eigenvalue weighted by atomic mass is 10.1. The lowest BCUT2D eigenvalue weighted by molar-refractivity contribution is -0.118. The van der Waals surface area contributed by atoms with Crippen LogP contribution in [0.1, 0.15) is 22.3 Å². The second-order valence-corrected chi connectivity index (χ2v) is 8.34. The lowest BCUT2D eigenvalue weighted by Gasteiger charge is -2.16. The van der Waals surface area contributed by atoms with E-state index in [1.165, 1.54) is 11.1 Å². The first kappa shape index (κ1) is 22.7. The lowest BCUT2D eigenvalue weighted by Crippen LogP contribution is -2.20. The van der Waals surface area contributed by atoms with Gasteiger partial charge >= 0.3 is 0 Å². The summed E-state index contributed by atoms with van der Waals surface area (Å²) in [4.78, 5) is 12.3. The molecule has 2 N–H and O–H groups in total. The highest BCUT2D eigenvalue weighted by molar-refractivity contribution is 9.10. The maximum atomic E-state index is 12.3. The molecule has 6 heteroatoms.